The SMILES string of the molecule is Cc1ccc(-c2cc(-c3ccccc3)c3c(N)c(C(=O)Nc4ccc(Cl)cc4)sc3n2)cc1. The third-order valence-corrected chi connectivity index (χ3v) is 6.79. The molecule has 162 valence electrons. The molecule has 0 spiro atoms. The Hall–Kier alpha value is -3.67. The third-order valence-electron chi connectivity index (χ3n) is 5.44. The number of carbonyl (C=O) groups is 1. The maximum atomic E-state index is 13.1. The predicted molar refractivity (Wildman–Crippen MR) is 139 cm³/mol. The molecular formula is C27H20ClN3OS. The molecule has 0 saturated heterocycles. The molecule has 1 amide bonds. The fraction of sp³-hybridized carbons (Fsp3) is 0.0370. The van der Waals surface area contributed by atoms with Gasteiger partial charge in [0.15, 0.2) is 0 Å². The number of aromatic nitrogens is 1. The minimum absolute atomic E-state index is 0.270. The maximum Gasteiger partial charge on any atom is 0.267 e. The highest BCUT2D eigenvalue weighted by atomic mass is 35.5. The van der Waals surface area contributed by atoms with E-state index in [1.165, 1.54) is 16.9 Å². The van der Waals surface area contributed by atoms with Crippen LogP contribution in [0.5, 0.6) is 0 Å². The van der Waals surface area contributed by atoms with Crippen molar-refractivity contribution in [2.75, 3.05) is 11.1 Å². The second kappa shape index (κ2) is 8.70. The summed E-state index contributed by atoms with van der Waals surface area (Å²) in [5.74, 6) is -0.270. The van der Waals surface area contributed by atoms with Gasteiger partial charge in [-0.2, -0.15) is 0 Å². The number of anilines is 2. The summed E-state index contributed by atoms with van der Waals surface area (Å²) in [6.45, 7) is 2.06. The average molecular weight is 470 g/mol. The summed E-state index contributed by atoms with van der Waals surface area (Å²) in [6.07, 6.45) is 0. The molecule has 0 aliphatic carbocycles. The molecule has 0 bridgehead atoms. The molecule has 0 radical (unpaired) electrons. The van der Waals surface area contributed by atoms with Crippen molar-refractivity contribution in [1.82, 2.24) is 4.98 Å². The Morgan fingerprint density at radius 2 is 1.64 bits per heavy atom. The standard InChI is InChI=1S/C27H20ClN3OS/c1-16-7-9-18(10-8-16)22-15-21(17-5-3-2-4-6-17)23-24(29)25(33-27(23)31-22)26(32)30-20-13-11-19(28)12-14-20/h2-15H,29H2,1H3,(H,30,32). The quantitative estimate of drug-likeness (QED) is 0.287. The number of nitrogen functional groups attached to an aromatic ring is 1. The lowest BCUT2D eigenvalue weighted by atomic mass is 9.99. The lowest BCUT2D eigenvalue weighted by Crippen LogP contribution is -2.11. The number of thiophene rings is 1. The number of carbonyl (C=O) groups excluding carboxylic acids is 1. The molecule has 0 aliphatic heterocycles. The molecule has 5 aromatic rings. The normalized spacial score (nSPS) is 11.0. The second-order valence-corrected chi connectivity index (χ2v) is 9.21. The Morgan fingerprint density at radius 1 is 0.939 bits per heavy atom. The molecule has 6 heteroatoms. The van der Waals surface area contributed by atoms with Gasteiger partial charge in [0.25, 0.3) is 5.91 Å². The van der Waals surface area contributed by atoms with E-state index in [9.17, 15) is 4.79 Å². The van der Waals surface area contributed by atoms with Crippen LogP contribution in [0.25, 0.3) is 32.6 Å². The van der Waals surface area contributed by atoms with Crippen molar-refractivity contribution in [2.45, 2.75) is 6.92 Å². The van der Waals surface area contributed by atoms with E-state index in [4.69, 9.17) is 22.3 Å². The third kappa shape index (κ3) is 4.21. The van der Waals surface area contributed by atoms with E-state index in [0.29, 0.717) is 21.3 Å². The minimum atomic E-state index is -0.270. The van der Waals surface area contributed by atoms with Crippen molar-refractivity contribution >= 4 is 50.4 Å². The van der Waals surface area contributed by atoms with Gasteiger partial charge in [-0.3, -0.25) is 4.79 Å². The van der Waals surface area contributed by atoms with Crippen LogP contribution in [0.4, 0.5) is 11.4 Å². The largest absolute Gasteiger partial charge is 0.397 e. The Labute approximate surface area is 200 Å². The summed E-state index contributed by atoms with van der Waals surface area (Å²) in [5, 5.41) is 4.30. The van der Waals surface area contributed by atoms with Crippen LogP contribution >= 0.6 is 22.9 Å². The number of aryl methyl sites for hydroxylation is 1. The molecule has 5 rings (SSSR count). The van der Waals surface area contributed by atoms with Crippen molar-refractivity contribution in [3.63, 3.8) is 0 Å². The fourth-order valence-electron chi connectivity index (χ4n) is 3.73. The molecule has 3 aromatic carbocycles. The fourth-order valence-corrected chi connectivity index (χ4v) is 4.87. The molecule has 2 heterocycles. The summed E-state index contributed by atoms with van der Waals surface area (Å²) in [4.78, 5) is 19.1. The Bertz CT molecular complexity index is 1460. The van der Waals surface area contributed by atoms with Gasteiger partial charge >= 0.3 is 0 Å². The highest BCUT2D eigenvalue weighted by Crippen LogP contribution is 2.41. The van der Waals surface area contributed by atoms with Gasteiger partial charge in [-0.1, -0.05) is 71.8 Å². The van der Waals surface area contributed by atoms with Crippen LogP contribution in [-0.2, 0) is 0 Å². The van der Waals surface area contributed by atoms with Crippen LogP contribution in [-0.4, -0.2) is 10.9 Å². The molecule has 0 atom stereocenters. The van der Waals surface area contributed by atoms with Crippen molar-refractivity contribution in [2.24, 2.45) is 0 Å². The number of pyridine rings is 1. The summed E-state index contributed by atoms with van der Waals surface area (Å²) in [6, 6.07) is 27.3. The molecule has 0 unspecified atom stereocenters. The lowest BCUT2D eigenvalue weighted by Gasteiger charge is -2.09. The van der Waals surface area contributed by atoms with Crippen LogP contribution in [0.1, 0.15) is 15.2 Å². The van der Waals surface area contributed by atoms with Crippen molar-refractivity contribution in [1.29, 1.82) is 0 Å². The van der Waals surface area contributed by atoms with Crippen LogP contribution in [0, 0.1) is 6.92 Å². The zero-order valence-electron chi connectivity index (χ0n) is 17.8. The number of hydrogen-bond acceptors (Lipinski definition) is 4. The first kappa shape index (κ1) is 21.2. The van der Waals surface area contributed by atoms with E-state index in [0.717, 1.165) is 32.6 Å². The monoisotopic (exact) mass is 469 g/mol. The first-order valence-corrected chi connectivity index (χ1v) is 11.6. The molecule has 2 aromatic heterocycles. The average Bonchev–Trinajstić information content (AvgIpc) is 3.17. The van der Waals surface area contributed by atoms with Gasteiger partial charge in [0.1, 0.15) is 9.71 Å². The predicted octanol–water partition coefficient (Wildman–Crippen LogP) is 7.43. The van der Waals surface area contributed by atoms with Gasteiger partial charge in [0, 0.05) is 21.7 Å². The summed E-state index contributed by atoms with van der Waals surface area (Å²) in [7, 11) is 0. The van der Waals surface area contributed by atoms with E-state index in [1.807, 2.05) is 36.4 Å². The summed E-state index contributed by atoms with van der Waals surface area (Å²) in [5.41, 5.74) is 12.6. The highest BCUT2D eigenvalue weighted by molar-refractivity contribution is 7.21. The summed E-state index contributed by atoms with van der Waals surface area (Å²) < 4.78 is 0. The number of amides is 1. The number of benzene rings is 3. The van der Waals surface area contributed by atoms with Crippen LogP contribution in [0.2, 0.25) is 5.02 Å². The number of hydrogen-bond donors (Lipinski definition) is 2. The smallest absolute Gasteiger partial charge is 0.267 e. The number of nitrogens with one attached hydrogen (secondary N) is 1. The molecular weight excluding hydrogens is 450 g/mol. The second-order valence-electron chi connectivity index (χ2n) is 7.77. The first-order valence-electron chi connectivity index (χ1n) is 10.4. The van der Waals surface area contributed by atoms with E-state index < -0.39 is 0 Å². The molecule has 0 aliphatic rings. The number of nitrogens with zero attached hydrogens (tertiary/aromatic N) is 1. The zero-order chi connectivity index (χ0) is 22.9. The minimum Gasteiger partial charge on any atom is -0.397 e. The van der Waals surface area contributed by atoms with Crippen LogP contribution in [0.15, 0.2) is 84.9 Å². The van der Waals surface area contributed by atoms with Gasteiger partial charge < -0.3 is 11.1 Å². The van der Waals surface area contributed by atoms with E-state index >= 15 is 0 Å². The number of rotatable bonds is 4. The van der Waals surface area contributed by atoms with Crippen LogP contribution in [0.3, 0.4) is 0 Å². The van der Waals surface area contributed by atoms with Crippen molar-refractivity contribution in [3.8, 4) is 22.4 Å². The van der Waals surface area contributed by atoms with E-state index in [2.05, 4.69) is 36.5 Å². The molecule has 4 nitrogen and oxygen atoms in total. The van der Waals surface area contributed by atoms with Crippen molar-refractivity contribution in [3.05, 3.63) is 100 Å². The van der Waals surface area contributed by atoms with Gasteiger partial charge in [-0.15, -0.1) is 11.3 Å². The molecule has 3 N–H and O–H groups in total. The van der Waals surface area contributed by atoms with Gasteiger partial charge in [0.05, 0.1) is 11.4 Å². The van der Waals surface area contributed by atoms with E-state index in [1.54, 1.807) is 24.3 Å². The van der Waals surface area contributed by atoms with Gasteiger partial charge in [-0.05, 0) is 48.4 Å². The van der Waals surface area contributed by atoms with Crippen LogP contribution < -0.4 is 11.1 Å². The molecule has 33 heavy (non-hydrogen) atoms. The number of nitrogens with two attached hydrogens (primary N) is 1. The topological polar surface area (TPSA) is 68.0 Å². The zero-order valence-corrected chi connectivity index (χ0v) is 19.4. The molecule has 0 fully saturated rings. The van der Waals surface area contributed by atoms with Crippen molar-refractivity contribution < 1.29 is 4.79 Å². The Kier molecular flexibility index (Phi) is 5.58. The first-order chi connectivity index (χ1) is 16.0. The number of fused-ring (bicyclic) bond motifs is 1. The Balaban J connectivity index is 1.65. The molecule has 0 saturated carbocycles. The van der Waals surface area contributed by atoms with E-state index in [-0.39, 0.29) is 5.91 Å². The highest BCUT2D eigenvalue weighted by Gasteiger charge is 2.21. The Morgan fingerprint density at radius 3 is 2.33 bits per heavy atom. The van der Waals surface area contributed by atoms with Gasteiger partial charge in [-0.25, -0.2) is 4.98 Å². The number of halogens is 1. The maximum absolute atomic E-state index is 13.1. The lowest BCUT2D eigenvalue weighted by molar-refractivity contribution is 0.103. The summed E-state index contributed by atoms with van der Waals surface area (Å²) >= 11 is 7.26. The van der Waals surface area contributed by atoms with Gasteiger partial charge in [0.2, 0.25) is 0 Å².